The maximum atomic E-state index is 12.5. The summed E-state index contributed by atoms with van der Waals surface area (Å²) in [6.45, 7) is 2.19. The predicted molar refractivity (Wildman–Crippen MR) is 108 cm³/mol. The number of rotatable bonds is 4. The zero-order valence-corrected chi connectivity index (χ0v) is 15.4. The molecule has 28 heavy (non-hydrogen) atoms. The molecular formula is C23H20N2O3. The summed E-state index contributed by atoms with van der Waals surface area (Å²) in [5.74, 6) is 0.348. The first-order valence-electron chi connectivity index (χ1n) is 9.14. The van der Waals surface area contributed by atoms with E-state index in [1.165, 1.54) is 0 Å². The van der Waals surface area contributed by atoms with E-state index in [1.807, 2.05) is 66.7 Å². The zero-order valence-electron chi connectivity index (χ0n) is 15.4. The number of anilines is 1. The second-order valence-corrected chi connectivity index (χ2v) is 6.71. The molecule has 0 aliphatic carbocycles. The fraction of sp³-hybridized carbons (Fsp3) is 0.130. The third kappa shape index (κ3) is 3.74. The van der Waals surface area contributed by atoms with E-state index in [0.717, 1.165) is 16.7 Å². The first kappa shape index (κ1) is 17.8. The molecule has 3 aromatic carbocycles. The van der Waals surface area contributed by atoms with Gasteiger partial charge in [-0.1, -0.05) is 48.5 Å². The number of carbonyl (C=O) groups is 2. The summed E-state index contributed by atoms with van der Waals surface area (Å²) in [4.78, 5) is 24.4. The number of nitrogens with one attached hydrogen (secondary N) is 2. The Morgan fingerprint density at radius 2 is 1.79 bits per heavy atom. The Labute approximate surface area is 163 Å². The Morgan fingerprint density at radius 1 is 1.00 bits per heavy atom. The van der Waals surface area contributed by atoms with Crippen LogP contribution in [0.3, 0.4) is 0 Å². The number of ether oxygens (including phenoxy) is 1. The molecular weight excluding hydrogens is 352 g/mol. The zero-order chi connectivity index (χ0) is 19.5. The molecule has 140 valence electrons. The van der Waals surface area contributed by atoms with Crippen LogP contribution in [-0.4, -0.2) is 17.9 Å². The average molecular weight is 372 g/mol. The number of hydrogen-bond donors (Lipinski definition) is 2. The van der Waals surface area contributed by atoms with Crippen molar-refractivity contribution in [2.75, 3.05) is 5.32 Å². The molecule has 1 unspecified atom stereocenters. The lowest BCUT2D eigenvalue weighted by Crippen LogP contribution is -2.34. The van der Waals surface area contributed by atoms with Crippen LogP contribution in [0.25, 0.3) is 11.1 Å². The normalized spacial score (nSPS) is 15.2. The summed E-state index contributed by atoms with van der Waals surface area (Å²) in [7, 11) is 0. The minimum atomic E-state index is -0.505. The minimum Gasteiger partial charge on any atom is -0.479 e. The molecule has 4 rings (SSSR count). The molecule has 3 aromatic rings. The van der Waals surface area contributed by atoms with Crippen LogP contribution >= 0.6 is 0 Å². The van der Waals surface area contributed by atoms with Gasteiger partial charge in [0.1, 0.15) is 5.75 Å². The fourth-order valence-corrected chi connectivity index (χ4v) is 3.11. The molecule has 2 N–H and O–H groups in total. The maximum absolute atomic E-state index is 12.5. The van der Waals surface area contributed by atoms with E-state index in [9.17, 15) is 9.59 Å². The summed E-state index contributed by atoms with van der Waals surface area (Å²) in [5, 5.41) is 5.79. The molecule has 1 heterocycles. The Balaban J connectivity index is 1.53. The van der Waals surface area contributed by atoms with Gasteiger partial charge >= 0.3 is 0 Å². The Bertz CT molecular complexity index is 1030. The van der Waals surface area contributed by atoms with E-state index < -0.39 is 6.10 Å². The van der Waals surface area contributed by atoms with E-state index in [1.54, 1.807) is 13.0 Å². The molecule has 0 saturated heterocycles. The lowest BCUT2D eigenvalue weighted by Gasteiger charge is -2.23. The highest BCUT2D eigenvalue weighted by molar-refractivity contribution is 5.99. The van der Waals surface area contributed by atoms with Crippen molar-refractivity contribution in [2.24, 2.45) is 0 Å². The molecule has 0 bridgehead atoms. The van der Waals surface area contributed by atoms with Gasteiger partial charge in [0, 0.05) is 12.1 Å². The van der Waals surface area contributed by atoms with Crippen LogP contribution in [0, 0.1) is 0 Å². The molecule has 2 amide bonds. The summed E-state index contributed by atoms with van der Waals surface area (Å²) in [5.41, 5.74) is 4.06. The van der Waals surface area contributed by atoms with Gasteiger partial charge in [0.25, 0.3) is 11.8 Å². The van der Waals surface area contributed by atoms with Crippen LogP contribution < -0.4 is 15.4 Å². The van der Waals surface area contributed by atoms with Crippen molar-refractivity contribution in [1.29, 1.82) is 0 Å². The standard InChI is InChI=1S/C23H20N2O3/c1-15-22(26)25-20-13-18(10-11-21(20)28-15)17-8-5-9-19(12-17)23(27)24-14-16-6-3-2-4-7-16/h2-13,15H,14H2,1H3,(H,24,27)(H,25,26). The molecule has 1 aliphatic heterocycles. The van der Waals surface area contributed by atoms with E-state index >= 15 is 0 Å². The molecule has 1 atom stereocenters. The van der Waals surface area contributed by atoms with E-state index in [2.05, 4.69) is 10.6 Å². The number of amides is 2. The average Bonchev–Trinajstić information content (AvgIpc) is 2.73. The highest BCUT2D eigenvalue weighted by Gasteiger charge is 2.23. The maximum Gasteiger partial charge on any atom is 0.265 e. The number of hydrogen-bond acceptors (Lipinski definition) is 3. The van der Waals surface area contributed by atoms with Gasteiger partial charge in [-0.25, -0.2) is 0 Å². The predicted octanol–water partition coefficient (Wildman–Crippen LogP) is 4.00. The first-order chi connectivity index (χ1) is 13.6. The smallest absolute Gasteiger partial charge is 0.265 e. The quantitative estimate of drug-likeness (QED) is 0.727. The molecule has 5 nitrogen and oxygen atoms in total. The van der Waals surface area contributed by atoms with Gasteiger partial charge in [0.05, 0.1) is 5.69 Å². The van der Waals surface area contributed by atoms with Crippen molar-refractivity contribution in [3.05, 3.63) is 83.9 Å². The van der Waals surface area contributed by atoms with Crippen molar-refractivity contribution in [1.82, 2.24) is 5.32 Å². The second-order valence-electron chi connectivity index (χ2n) is 6.71. The largest absolute Gasteiger partial charge is 0.479 e. The summed E-state index contributed by atoms with van der Waals surface area (Å²) in [6.07, 6.45) is -0.505. The summed E-state index contributed by atoms with van der Waals surface area (Å²) < 4.78 is 5.59. The molecule has 0 radical (unpaired) electrons. The van der Waals surface area contributed by atoms with Crippen LogP contribution in [0.4, 0.5) is 5.69 Å². The van der Waals surface area contributed by atoms with E-state index in [-0.39, 0.29) is 11.8 Å². The molecule has 0 saturated carbocycles. The highest BCUT2D eigenvalue weighted by Crippen LogP contribution is 2.34. The molecule has 5 heteroatoms. The van der Waals surface area contributed by atoms with E-state index in [4.69, 9.17) is 4.74 Å². The van der Waals surface area contributed by atoms with Gasteiger partial charge < -0.3 is 15.4 Å². The van der Waals surface area contributed by atoms with Crippen LogP contribution in [-0.2, 0) is 11.3 Å². The van der Waals surface area contributed by atoms with Crippen molar-refractivity contribution >= 4 is 17.5 Å². The Morgan fingerprint density at radius 3 is 2.61 bits per heavy atom. The fourth-order valence-electron chi connectivity index (χ4n) is 3.11. The van der Waals surface area contributed by atoms with Crippen LogP contribution in [0.2, 0.25) is 0 Å². The molecule has 0 spiro atoms. The lowest BCUT2D eigenvalue weighted by molar-refractivity contribution is -0.122. The van der Waals surface area contributed by atoms with Gasteiger partial charge in [-0.2, -0.15) is 0 Å². The van der Waals surface area contributed by atoms with Crippen molar-refractivity contribution in [3.8, 4) is 16.9 Å². The SMILES string of the molecule is CC1Oc2ccc(-c3cccc(C(=O)NCc4ccccc4)c3)cc2NC1=O. The summed E-state index contributed by atoms with van der Waals surface area (Å²) in [6, 6.07) is 22.8. The number of benzene rings is 3. The van der Waals surface area contributed by atoms with Crippen LogP contribution in [0.5, 0.6) is 5.75 Å². The minimum absolute atomic E-state index is 0.130. The highest BCUT2D eigenvalue weighted by atomic mass is 16.5. The second kappa shape index (κ2) is 7.56. The number of fused-ring (bicyclic) bond motifs is 1. The molecule has 0 aromatic heterocycles. The molecule has 0 fully saturated rings. The Hall–Kier alpha value is -3.60. The van der Waals surface area contributed by atoms with Gasteiger partial charge in [0.15, 0.2) is 6.10 Å². The first-order valence-corrected chi connectivity index (χ1v) is 9.14. The van der Waals surface area contributed by atoms with Gasteiger partial charge in [-0.15, -0.1) is 0 Å². The van der Waals surface area contributed by atoms with Crippen molar-refractivity contribution in [2.45, 2.75) is 19.6 Å². The molecule has 1 aliphatic rings. The van der Waals surface area contributed by atoms with Gasteiger partial charge in [0.2, 0.25) is 0 Å². The van der Waals surface area contributed by atoms with E-state index in [0.29, 0.717) is 23.5 Å². The van der Waals surface area contributed by atoms with Crippen molar-refractivity contribution in [3.63, 3.8) is 0 Å². The number of carbonyl (C=O) groups excluding carboxylic acids is 2. The van der Waals surface area contributed by atoms with Crippen LogP contribution in [0.15, 0.2) is 72.8 Å². The van der Waals surface area contributed by atoms with Gasteiger partial charge in [-0.05, 0) is 47.9 Å². The summed E-state index contributed by atoms with van der Waals surface area (Å²) >= 11 is 0. The topological polar surface area (TPSA) is 67.4 Å². The lowest BCUT2D eigenvalue weighted by atomic mass is 10.0. The third-order valence-electron chi connectivity index (χ3n) is 4.66. The van der Waals surface area contributed by atoms with Gasteiger partial charge in [-0.3, -0.25) is 9.59 Å². The monoisotopic (exact) mass is 372 g/mol. The van der Waals surface area contributed by atoms with Crippen molar-refractivity contribution < 1.29 is 14.3 Å². The Kier molecular flexibility index (Phi) is 4.81. The third-order valence-corrected chi connectivity index (χ3v) is 4.66. The van der Waals surface area contributed by atoms with Crippen LogP contribution in [0.1, 0.15) is 22.8 Å².